The van der Waals surface area contributed by atoms with Gasteiger partial charge in [0.15, 0.2) is 0 Å². The number of nitrogens with one attached hydrogen (secondary N) is 1. The molecule has 2 aromatic rings. The van der Waals surface area contributed by atoms with Crippen molar-refractivity contribution >= 4 is 17.5 Å². The smallest absolute Gasteiger partial charge is 0.251 e. The Labute approximate surface area is 153 Å². The van der Waals surface area contributed by atoms with Crippen LogP contribution in [0.2, 0.25) is 0 Å². The Hall–Kier alpha value is -2.95. The van der Waals surface area contributed by atoms with E-state index in [4.69, 9.17) is 0 Å². The van der Waals surface area contributed by atoms with Crippen LogP contribution in [-0.2, 0) is 24.2 Å². The third-order valence-electron chi connectivity index (χ3n) is 4.80. The van der Waals surface area contributed by atoms with E-state index in [2.05, 4.69) is 22.9 Å². The number of anilines is 1. The standard InChI is InChI=1S/C21H23N3O2/c1-3-20(25)24(2)17-10-8-16(9-11-17)21(26)23-14-19-18-7-5-4-6-15(18)12-13-22-19/h3,8-13H,1,4-7,14H2,2H3,(H,23,26). The number of aryl methyl sites for hydroxylation is 1. The van der Waals surface area contributed by atoms with Gasteiger partial charge >= 0.3 is 0 Å². The van der Waals surface area contributed by atoms with Crippen molar-refractivity contribution in [3.05, 3.63) is 71.6 Å². The van der Waals surface area contributed by atoms with Crippen molar-refractivity contribution in [2.24, 2.45) is 0 Å². The summed E-state index contributed by atoms with van der Waals surface area (Å²) < 4.78 is 0. The van der Waals surface area contributed by atoms with Crippen LogP contribution >= 0.6 is 0 Å². The summed E-state index contributed by atoms with van der Waals surface area (Å²) in [6, 6.07) is 9.01. The summed E-state index contributed by atoms with van der Waals surface area (Å²) in [4.78, 5) is 30.0. The molecule has 1 aliphatic rings. The van der Waals surface area contributed by atoms with Gasteiger partial charge in [-0.15, -0.1) is 0 Å². The molecule has 1 heterocycles. The Morgan fingerprint density at radius 2 is 1.92 bits per heavy atom. The van der Waals surface area contributed by atoms with E-state index < -0.39 is 0 Å². The van der Waals surface area contributed by atoms with Crippen molar-refractivity contribution in [3.8, 4) is 0 Å². The molecule has 0 aliphatic heterocycles. The van der Waals surface area contributed by atoms with Gasteiger partial charge in [0.1, 0.15) is 0 Å². The summed E-state index contributed by atoms with van der Waals surface area (Å²) in [5, 5.41) is 2.95. The number of pyridine rings is 1. The van der Waals surface area contributed by atoms with Crippen molar-refractivity contribution in [2.45, 2.75) is 32.2 Å². The monoisotopic (exact) mass is 349 g/mol. The maximum atomic E-state index is 12.4. The zero-order valence-corrected chi connectivity index (χ0v) is 15.0. The molecule has 0 saturated carbocycles. The minimum atomic E-state index is -0.192. The molecule has 0 radical (unpaired) electrons. The molecule has 1 aliphatic carbocycles. The summed E-state index contributed by atoms with van der Waals surface area (Å²) in [6.07, 6.45) is 7.61. The van der Waals surface area contributed by atoms with Crippen LogP contribution in [0.5, 0.6) is 0 Å². The number of nitrogens with zero attached hydrogens (tertiary/aromatic N) is 2. The highest BCUT2D eigenvalue weighted by molar-refractivity contribution is 6.01. The van der Waals surface area contributed by atoms with Crippen molar-refractivity contribution in [2.75, 3.05) is 11.9 Å². The number of hydrogen-bond acceptors (Lipinski definition) is 3. The van der Waals surface area contributed by atoms with Crippen molar-refractivity contribution < 1.29 is 9.59 Å². The van der Waals surface area contributed by atoms with Gasteiger partial charge in [0.05, 0.1) is 12.2 Å². The Morgan fingerprint density at radius 3 is 2.65 bits per heavy atom. The number of carbonyl (C=O) groups is 2. The fourth-order valence-corrected chi connectivity index (χ4v) is 3.26. The van der Waals surface area contributed by atoms with Gasteiger partial charge in [-0.1, -0.05) is 6.58 Å². The fraction of sp³-hybridized carbons (Fsp3) is 0.286. The van der Waals surface area contributed by atoms with Gasteiger partial charge in [-0.05, 0) is 73.2 Å². The highest BCUT2D eigenvalue weighted by Crippen LogP contribution is 2.23. The van der Waals surface area contributed by atoms with Gasteiger partial charge in [-0.3, -0.25) is 14.6 Å². The highest BCUT2D eigenvalue weighted by Gasteiger charge is 2.15. The van der Waals surface area contributed by atoms with E-state index in [0.29, 0.717) is 17.8 Å². The number of aromatic nitrogens is 1. The molecule has 3 rings (SSSR count). The van der Waals surface area contributed by atoms with Crippen LogP contribution in [0.25, 0.3) is 0 Å². The summed E-state index contributed by atoms with van der Waals surface area (Å²) in [6.45, 7) is 3.90. The molecular formula is C21H23N3O2. The number of fused-ring (bicyclic) bond motifs is 1. The molecule has 0 atom stereocenters. The van der Waals surface area contributed by atoms with Crippen LogP contribution < -0.4 is 10.2 Å². The average Bonchev–Trinajstić information content (AvgIpc) is 2.70. The Morgan fingerprint density at radius 1 is 1.19 bits per heavy atom. The second-order valence-corrected chi connectivity index (χ2v) is 6.43. The summed E-state index contributed by atoms with van der Waals surface area (Å²) in [5.41, 5.74) is 4.88. The molecule has 26 heavy (non-hydrogen) atoms. The highest BCUT2D eigenvalue weighted by atomic mass is 16.2. The van der Waals surface area contributed by atoms with E-state index in [9.17, 15) is 9.59 Å². The third kappa shape index (κ3) is 3.82. The van der Waals surface area contributed by atoms with Crippen LogP contribution in [0, 0.1) is 0 Å². The first kappa shape index (κ1) is 17.9. The normalized spacial score (nSPS) is 12.8. The van der Waals surface area contributed by atoms with Gasteiger partial charge in [0.2, 0.25) is 5.91 Å². The molecule has 1 aromatic heterocycles. The lowest BCUT2D eigenvalue weighted by Crippen LogP contribution is -2.25. The van der Waals surface area contributed by atoms with Crippen molar-refractivity contribution in [1.82, 2.24) is 10.3 Å². The quantitative estimate of drug-likeness (QED) is 0.844. The van der Waals surface area contributed by atoms with Crippen LogP contribution in [0.3, 0.4) is 0 Å². The third-order valence-corrected chi connectivity index (χ3v) is 4.80. The molecule has 0 unspecified atom stereocenters. The molecule has 0 spiro atoms. The minimum Gasteiger partial charge on any atom is -0.346 e. The van der Waals surface area contributed by atoms with Gasteiger partial charge in [-0.25, -0.2) is 0 Å². The largest absolute Gasteiger partial charge is 0.346 e. The lowest BCUT2D eigenvalue weighted by molar-refractivity contribution is -0.113. The number of rotatable bonds is 5. The van der Waals surface area contributed by atoms with Gasteiger partial charge in [0, 0.05) is 24.5 Å². The molecule has 5 heteroatoms. The minimum absolute atomic E-state index is 0.149. The molecule has 1 N–H and O–H groups in total. The van der Waals surface area contributed by atoms with Crippen LogP contribution in [0.4, 0.5) is 5.69 Å². The lowest BCUT2D eigenvalue weighted by Gasteiger charge is -2.18. The van der Waals surface area contributed by atoms with Crippen LogP contribution in [-0.4, -0.2) is 23.8 Å². The average molecular weight is 349 g/mol. The topological polar surface area (TPSA) is 62.3 Å². The zero-order valence-electron chi connectivity index (χ0n) is 15.0. The van der Waals surface area contributed by atoms with E-state index in [1.807, 2.05) is 6.20 Å². The predicted molar refractivity (Wildman–Crippen MR) is 102 cm³/mol. The van der Waals surface area contributed by atoms with E-state index in [1.54, 1.807) is 31.3 Å². The molecular weight excluding hydrogens is 326 g/mol. The summed E-state index contributed by atoms with van der Waals surface area (Å²) in [5.74, 6) is -0.341. The van der Waals surface area contributed by atoms with E-state index >= 15 is 0 Å². The van der Waals surface area contributed by atoms with E-state index in [1.165, 1.54) is 34.9 Å². The second-order valence-electron chi connectivity index (χ2n) is 6.43. The Bertz CT molecular complexity index is 828. The van der Waals surface area contributed by atoms with Crippen LogP contribution in [0.15, 0.2) is 49.2 Å². The Balaban J connectivity index is 1.66. The summed E-state index contributed by atoms with van der Waals surface area (Å²) >= 11 is 0. The zero-order chi connectivity index (χ0) is 18.5. The first-order valence-electron chi connectivity index (χ1n) is 8.84. The predicted octanol–water partition coefficient (Wildman–Crippen LogP) is 3.04. The molecule has 5 nitrogen and oxygen atoms in total. The van der Waals surface area contributed by atoms with E-state index in [-0.39, 0.29) is 11.8 Å². The fourth-order valence-electron chi connectivity index (χ4n) is 3.26. The second kappa shape index (κ2) is 7.95. The van der Waals surface area contributed by atoms with Gasteiger partial charge < -0.3 is 10.2 Å². The molecule has 2 amide bonds. The molecule has 0 bridgehead atoms. The first-order valence-corrected chi connectivity index (χ1v) is 8.84. The number of carbonyl (C=O) groups excluding carboxylic acids is 2. The Kier molecular flexibility index (Phi) is 5.46. The first-order chi connectivity index (χ1) is 12.6. The SMILES string of the molecule is C=CC(=O)N(C)c1ccc(C(=O)NCc2nccc3c2CCCC3)cc1. The summed E-state index contributed by atoms with van der Waals surface area (Å²) in [7, 11) is 1.67. The van der Waals surface area contributed by atoms with Crippen molar-refractivity contribution in [3.63, 3.8) is 0 Å². The number of benzene rings is 1. The molecule has 1 aromatic carbocycles. The van der Waals surface area contributed by atoms with Crippen LogP contribution in [0.1, 0.15) is 40.0 Å². The molecule has 0 saturated heterocycles. The number of likely N-dealkylation sites (N-methyl/N-ethyl adjacent to an activating group) is 1. The molecule has 0 fully saturated rings. The van der Waals surface area contributed by atoms with Gasteiger partial charge in [-0.2, -0.15) is 0 Å². The molecule has 134 valence electrons. The van der Waals surface area contributed by atoms with E-state index in [0.717, 1.165) is 18.5 Å². The number of amides is 2. The van der Waals surface area contributed by atoms with Crippen molar-refractivity contribution in [1.29, 1.82) is 0 Å². The maximum Gasteiger partial charge on any atom is 0.251 e. The lowest BCUT2D eigenvalue weighted by atomic mass is 9.91. The van der Waals surface area contributed by atoms with Gasteiger partial charge in [0.25, 0.3) is 5.91 Å². The number of hydrogen-bond donors (Lipinski definition) is 1. The maximum absolute atomic E-state index is 12.4.